The van der Waals surface area contributed by atoms with Crippen molar-refractivity contribution in [3.63, 3.8) is 0 Å². The van der Waals surface area contributed by atoms with Crippen molar-refractivity contribution in [2.75, 3.05) is 16.8 Å². The van der Waals surface area contributed by atoms with Gasteiger partial charge in [-0.3, -0.25) is 9.59 Å². The second kappa shape index (κ2) is 7.63. The largest absolute Gasteiger partial charge is 0.462 e. The molecule has 0 saturated heterocycles. The summed E-state index contributed by atoms with van der Waals surface area (Å²) < 4.78 is 4.96. The molecule has 7 heteroatoms. The predicted molar refractivity (Wildman–Crippen MR) is 103 cm³/mol. The van der Waals surface area contributed by atoms with Crippen molar-refractivity contribution >= 4 is 40.8 Å². The Bertz CT molecular complexity index is 951. The number of amides is 2. The number of anilines is 2. The number of carbonyl (C=O) groups excluding carboxylic acids is 3. The van der Waals surface area contributed by atoms with Crippen LogP contribution in [0.3, 0.4) is 0 Å². The first-order valence-corrected chi connectivity index (χ1v) is 8.69. The number of halogens is 1. The molecule has 0 aliphatic carbocycles. The molecule has 1 N–H and O–H groups in total. The molecule has 2 aromatic carbocycles. The lowest BCUT2D eigenvalue weighted by Crippen LogP contribution is -2.32. The molecule has 0 fully saturated rings. The zero-order chi connectivity index (χ0) is 19.6. The predicted octanol–water partition coefficient (Wildman–Crippen LogP) is 3.61. The molecular weight excluding hydrogens is 368 g/mol. The third-order valence-corrected chi connectivity index (χ3v) is 4.31. The van der Waals surface area contributed by atoms with Crippen molar-refractivity contribution in [3.05, 3.63) is 70.4 Å². The van der Waals surface area contributed by atoms with E-state index in [-0.39, 0.29) is 17.3 Å². The van der Waals surface area contributed by atoms with Crippen LogP contribution >= 0.6 is 11.6 Å². The first kappa shape index (κ1) is 18.7. The first-order valence-electron chi connectivity index (χ1n) is 8.31. The van der Waals surface area contributed by atoms with Gasteiger partial charge in [-0.1, -0.05) is 35.4 Å². The van der Waals surface area contributed by atoms with Gasteiger partial charge in [0, 0.05) is 5.69 Å². The van der Waals surface area contributed by atoms with Crippen LogP contribution in [-0.2, 0) is 14.3 Å². The molecule has 0 saturated carbocycles. The van der Waals surface area contributed by atoms with E-state index in [1.54, 1.807) is 49.4 Å². The highest BCUT2D eigenvalue weighted by atomic mass is 35.5. The maximum absolute atomic E-state index is 12.7. The Morgan fingerprint density at radius 2 is 1.81 bits per heavy atom. The number of hydrogen-bond donors (Lipinski definition) is 1. The Kier molecular flexibility index (Phi) is 5.28. The highest BCUT2D eigenvalue weighted by Gasteiger charge is 2.38. The molecular formula is C20H17ClN2O4. The molecule has 27 heavy (non-hydrogen) atoms. The van der Waals surface area contributed by atoms with Gasteiger partial charge in [-0.05, 0) is 44.2 Å². The number of imide groups is 1. The van der Waals surface area contributed by atoms with Gasteiger partial charge in [0.1, 0.15) is 10.7 Å². The highest BCUT2D eigenvalue weighted by molar-refractivity contribution is 6.53. The fourth-order valence-corrected chi connectivity index (χ4v) is 2.83. The van der Waals surface area contributed by atoms with Gasteiger partial charge < -0.3 is 10.1 Å². The minimum Gasteiger partial charge on any atom is -0.462 e. The van der Waals surface area contributed by atoms with E-state index in [0.29, 0.717) is 16.9 Å². The van der Waals surface area contributed by atoms with Gasteiger partial charge in [-0.25, -0.2) is 9.69 Å². The lowest BCUT2D eigenvalue weighted by Gasteiger charge is -2.15. The third kappa shape index (κ3) is 3.71. The number of aryl methyl sites for hydroxylation is 1. The van der Waals surface area contributed by atoms with Gasteiger partial charge in [0.2, 0.25) is 0 Å². The molecule has 6 nitrogen and oxygen atoms in total. The second-order valence-electron chi connectivity index (χ2n) is 5.90. The summed E-state index contributed by atoms with van der Waals surface area (Å²) in [4.78, 5) is 38.1. The molecule has 0 radical (unpaired) electrons. The van der Waals surface area contributed by atoms with Crippen molar-refractivity contribution in [2.45, 2.75) is 13.8 Å². The first-order chi connectivity index (χ1) is 12.9. The molecule has 1 aliphatic rings. The summed E-state index contributed by atoms with van der Waals surface area (Å²) in [6.07, 6.45) is 0. The van der Waals surface area contributed by atoms with Crippen molar-refractivity contribution in [1.29, 1.82) is 0 Å². The zero-order valence-electron chi connectivity index (χ0n) is 14.8. The number of rotatable bonds is 5. The van der Waals surface area contributed by atoms with Gasteiger partial charge >= 0.3 is 5.97 Å². The lowest BCUT2D eigenvalue weighted by molar-refractivity contribution is -0.120. The summed E-state index contributed by atoms with van der Waals surface area (Å²) in [7, 11) is 0. The van der Waals surface area contributed by atoms with E-state index in [1.165, 1.54) is 6.07 Å². The van der Waals surface area contributed by atoms with Crippen molar-refractivity contribution < 1.29 is 19.1 Å². The van der Waals surface area contributed by atoms with Gasteiger partial charge in [-0.2, -0.15) is 0 Å². The van der Waals surface area contributed by atoms with Crippen LogP contribution in [0.4, 0.5) is 11.4 Å². The number of nitrogens with zero attached hydrogens (tertiary/aromatic N) is 1. The Morgan fingerprint density at radius 1 is 1.11 bits per heavy atom. The van der Waals surface area contributed by atoms with E-state index in [9.17, 15) is 14.4 Å². The second-order valence-corrected chi connectivity index (χ2v) is 6.27. The quantitative estimate of drug-likeness (QED) is 0.629. The van der Waals surface area contributed by atoms with Gasteiger partial charge in [0.15, 0.2) is 0 Å². The zero-order valence-corrected chi connectivity index (χ0v) is 15.5. The summed E-state index contributed by atoms with van der Waals surface area (Å²) in [5.41, 5.74) is 2.17. The van der Waals surface area contributed by atoms with Gasteiger partial charge in [0.25, 0.3) is 11.8 Å². The highest BCUT2D eigenvalue weighted by Crippen LogP contribution is 2.30. The van der Waals surface area contributed by atoms with E-state index < -0.39 is 17.8 Å². The molecule has 3 rings (SSSR count). The molecule has 0 aromatic heterocycles. The summed E-state index contributed by atoms with van der Waals surface area (Å²) in [5.74, 6) is -1.64. The summed E-state index contributed by atoms with van der Waals surface area (Å²) in [6.45, 7) is 3.88. The normalized spacial score (nSPS) is 14.0. The molecule has 1 aliphatic heterocycles. The number of esters is 1. The molecule has 0 unspecified atom stereocenters. The van der Waals surface area contributed by atoms with Crippen molar-refractivity contribution in [2.24, 2.45) is 0 Å². The van der Waals surface area contributed by atoms with E-state index in [0.717, 1.165) is 10.5 Å². The topological polar surface area (TPSA) is 75.7 Å². The summed E-state index contributed by atoms with van der Waals surface area (Å²) in [5, 5.41) is 2.64. The van der Waals surface area contributed by atoms with Crippen molar-refractivity contribution in [1.82, 2.24) is 0 Å². The number of benzene rings is 2. The fourth-order valence-electron chi connectivity index (χ4n) is 2.62. The Hall–Kier alpha value is -3.12. The van der Waals surface area contributed by atoms with Crippen LogP contribution in [-0.4, -0.2) is 24.4 Å². The minimum absolute atomic E-state index is 0.0387. The van der Waals surface area contributed by atoms with Crippen LogP contribution in [0.1, 0.15) is 22.8 Å². The van der Waals surface area contributed by atoms with Crippen molar-refractivity contribution in [3.8, 4) is 0 Å². The van der Waals surface area contributed by atoms with E-state index in [2.05, 4.69) is 5.32 Å². The van der Waals surface area contributed by atoms with E-state index in [1.807, 2.05) is 6.92 Å². The average molecular weight is 385 g/mol. The Balaban J connectivity index is 1.86. The SMILES string of the molecule is CCOC(=O)c1cccc(NC2=C(Cl)C(=O)N(c3ccc(C)cc3)C2=O)c1. The van der Waals surface area contributed by atoms with Crippen LogP contribution in [0.2, 0.25) is 0 Å². The third-order valence-electron chi connectivity index (χ3n) is 3.96. The minimum atomic E-state index is -0.602. The fraction of sp³-hybridized carbons (Fsp3) is 0.150. The molecule has 1 heterocycles. The maximum atomic E-state index is 12.7. The monoisotopic (exact) mass is 384 g/mol. The number of ether oxygens (including phenoxy) is 1. The van der Waals surface area contributed by atoms with Gasteiger partial charge in [0.05, 0.1) is 17.9 Å². The van der Waals surface area contributed by atoms with E-state index >= 15 is 0 Å². The number of nitrogens with one attached hydrogen (secondary N) is 1. The standard InChI is InChI=1S/C20H17ClN2O4/c1-3-27-20(26)13-5-4-6-14(11-13)22-17-16(21)18(24)23(19(17)25)15-9-7-12(2)8-10-15/h4-11,22H,3H2,1-2H3. The Labute approximate surface area is 161 Å². The average Bonchev–Trinajstić information content (AvgIpc) is 2.87. The molecule has 2 amide bonds. The van der Waals surface area contributed by atoms with Crippen LogP contribution in [0.25, 0.3) is 0 Å². The van der Waals surface area contributed by atoms with Crippen LogP contribution in [0.15, 0.2) is 59.3 Å². The number of carbonyl (C=O) groups is 3. The van der Waals surface area contributed by atoms with Crippen LogP contribution in [0, 0.1) is 6.92 Å². The summed E-state index contributed by atoms with van der Waals surface area (Å²) in [6, 6.07) is 13.4. The van der Waals surface area contributed by atoms with Crippen LogP contribution in [0.5, 0.6) is 0 Å². The molecule has 0 spiro atoms. The molecule has 138 valence electrons. The lowest BCUT2D eigenvalue weighted by atomic mass is 10.2. The summed E-state index contributed by atoms with van der Waals surface area (Å²) >= 11 is 6.11. The maximum Gasteiger partial charge on any atom is 0.338 e. The van der Waals surface area contributed by atoms with Crippen LogP contribution < -0.4 is 10.2 Å². The van der Waals surface area contributed by atoms with E-state index in [4.69, 9.17) is 16.3 Å². The molecule has 2 aromatic rings. The molecule has 0 bridgehead atoms. The Morgan fingerprint density at radius 3 is 2.48 bits per heavy atom. The number of hydrogen-bond acceptors (Lipinski definition) is 5. The molecule has 0 atom stereocenters. The smallest absolute Gasteiger partial charge is 0.338 e. The van der Waals surface area contributed by atoms with Gasteiger partial charge in [-0.15, -0.1) is 0 Å².